The number of ether oxygens (including phenoxy) is 1. The molecule has 0 saturated carbocycles. The van der Waals surface area contributed by atoms with Gasteiger partial charge < -0.3 is 14.2 Å². The molecule has 0 bridgehead atoms. The summed E-state index contributed by atoms with van der Waals surface area (Å²) in [6, 6.07) is 13.9. The van der Waals surface area contributed by atoms with Crippen molar-refractivity contribution in [3.05, 3.63) is 58.9 Å². The van der Waals surface area contributed by atoms with E-state index in [1.165, 1.54) is 56.3 Å². The van der Waals surface area contributed by atoms with Crippen LogP contribution in [0.2, 0.25) is 5.02 Å². The van der Waals surface area contributed by atoms with Gasteiger partial charge in [-0.25, -0.2) is 4.98 Å². The lowest BCUT2D eigenvalue weighted by Crippen LogP contribution is -2.30. The van der Waals surface area contributed by atoms with Gasteiger partial charge in [-0.15, -0.1) is 0 Å². The van der Waals surface area contributed by atoms with E-state index in [2.05, 4.69) is 41.6 Å². The molecular formula is C25H32ClN3O. The molecule has 5 heteroatoms. The van der Waals surface area contributed by atoms with Crippen molar-refractivity contribution in [2.45, 2.75) is 52.2 Å². The molecule has 0 radical (unpaired) electrons. The highest BCUT2D eigenvalue weighted by atomic mass is 35.5. The number of halogens is 1. The van der Waals surface area contributed by atoms with E-state index in [1.54, 1.807) is 0 Å². The SMILES string of the molecule is Cc1cccc2c1nc(COc1ccc(Cl)cc1)n2CCCCC1CCN(C)CC1. The molecule has 0 unspecified atom stereocenters. The van der Waals surface area contributed by atoms with Gasteiger partial charge in [-0.3, -0.25) is 0 Å². The highest BCUT2D eigenvalue weighted by molar-refractivity contribution is 6.30. The Morgan fingerprint density at radius 1 is 1.07 bits per heavy atom. The topological polar surface area (TPSA) is 30.3 Å². The number of benzene rings is 2. The van der Waals surface area contributed by atoms with Crippen molar-refractivity contribution in [3.63, 3.8) is 0 Å². The summed E-state index contributed by atoms with van der Waals surface area (Å²) < 4.78 is 8.38. The molecule has 4 nitrogen and oxygen atoms in total. The molecule has 0 amide bonds. The van der Waals surface area contributed by atoms with Crippen LogP contribution in [-0.2, 0) is 13.2 Å². The number of piperidine rings is 1. The van der Waals surface area contributed by atoms with Crippen molar-refractivity contribution in [2.24, 2.45) is 5.92 Å². The fourth-order valence-electron chi connectivity index (χ4n) is 4.43. The van der Waals surface area contributed by atoms with Crippen LogP contribution < -0.4 is 4.74 Å². The Labute approximate surface area is 184 Å². The van der Waals surface area contributed by atoms with Gasteiger partial charge in [0.15, 0.2) is 0 Å². The number of hydrogen-bond donors (Lipinski definition) is 0. The fourth-order valence-corrected chi connectivity index (χ4v) is 4.55. The van der Waals surface area contributed by atoms with Crippen LogP contribution >= 0.6 is 11.6 Å². The maximum Gasteiger partial charge on any atom is 0.148 e. The second-order valence-corrected chi connectivity index (χ2v) is 9.04. The standard InChI is InChI=1S/C25H32ClN3O/c1-19-6-5-8-23-25(19)27-24(18-30-22-11-9-21(26)10-12-22)29(23)15-4-3-7-20-13-16-28(2)17-14-20/h5-6,8-12,20H,3-4,7,13-18H2,1-2H3. The lowest BCUT2D eigenvalue weighted by Gasteiger charge is -2.28. The Balaban J connectivity index is 1.41. The number of fused-ring (bicyclic) bond motifs is 1. The van der Waals surface area contributed by atoms with Crippen molar-refractivity contribution >= 4 is 22.6 Å². The number of hydrogen-bond acceptors (Lipinski definition) is 3. The van der Waals surface area contributed by atoms with Crippen LogP contribution in [0.15, 0.2) is 42.5 Å². The quantitative estimate of drug-likeness (QED) is 0.409. The van der Waals surface area contributed by atoms with Crippen molar-refractivity contribution < 1.29 is 4.74 Å². The molecule has 4 rings (SSSR count). The van der Waals surface area contributed by atoms with Gasteiger partial charge in [0.05, 0.1) is 11.0 Å². The number of aryl methyl sites for hydroxylation is 2. The molecule has 1 saturated heterocycles. The molecule has 2 heterocycles. The highest BCUT2D eigenvalue weighted by Gasteiger charge is 2.17. The first kappa shape index (κ1) is 21.2. The largest absolute Gasteiger partial charge is 0.486 e. The van der Waals surface area contributed by atoms with Gasteiger partial charge >= 0.3 is 0 Å². The zero-order chi connectivity index (χ0) is 20.9. The van der Waals surface area contributed by atoms with Crippen LogP contribution in [0.3, 0.4) is 0 Å². The van der Waals surface area contributed by atoms with Crippen molar-refractivity contribution in [2.75, 3.05) is 20.1 Å². The summed E-state index contributed by atoms with van der Waals surface area (Å²) in [5.74, 6) is 2.71. The van der Waals surface area contributed by atoms with Crippen LogP contribution in [0.1, 0.15) is 43.5 Å². The molecule has 1 aromatic heterocycles. The molecule has 0 spiro atoms. The average molecular weight is 426 g/mol. The summed E-state index contributed by atoms with van der Waals surface area (Å²) >= 11 is 5.98. The number of likely N-dealkylation sites (tertiary alicyclic amines) is 1. The van der Waals surface area contributed by atoms with Gasteiger partial charge in [0.2, 0.25) is 0 Å². The van der Waals surface area contributed by atoms with E-state index in [9.17, 15) is 0 Å². The van der Waals surface area contributed by atoms with Crippen LogP contribution in [0.5, 0.6) is 5.75 Å². The van der Waals surface area contributed by atoms with Gasteiger partial charge in [0.1, 0.15) is 18.2 Å². The summed E-state index contributed by atoms with van der Waals surface area (Å²) in [6.07, 6.45) is 6.50. The Hall–Kier alpha value is -2.04. The second kappa shape index (κ2) is 9.84. The maximum absolute atomic E-state index is 6.02. The lowest BCUT2D eigenvalue weighted by atomic mass is 9.92. The third-order valence-corrected chi connectivity index (χ3v) is 6.58. The van der Waals surface area contributed by atoms with Crippen LogP contribution in [0.4, 0.5) is 0 Å². The molecule has 160 valence electrons. The van der Waals surface area contributed by atoms with Gasteiger partial charge in [0.25, 0.3) is 0 Å². The van der Waals surface area contributed by atoms with E-state index in [0.717, 1.165) is 34.6 Å². The number of nitrogens with zero attached hydrogens (tertiary/aromatic N) is 3. The van der Waals surface area contributed by atoms with Gasteiger partial charge in [0, 0.05) is 11.6 Å². The zero-order valence-corrected chi connectivity index (χ0v) is 18.9. The Kier molecular flexibility index (Phi) is 6.96. The van der Waals surface area contributed by atoms with Gasteiger partial charge in [-0.1, -0.05) is 36.6 Å². The second-order valence-electron chi connectivity index (χ2n) is 8.61. The smallest absolute Gasteiger partial charge is 0.148 e. The van der Waals surface area contributed by atoms with Crippen LogP contribution in [0.25, 0.3) is 11.0 Å². The number of unbranched alkanes of at least 4 members (excludes halogenated alkanes) is 1. The minimum Gasteiger partial charge on any atom is -0.486 e. The van der Waals surface area contributed by atoms with Crippen LogP contribution in [-0.4, -0.2) is 34.6 Å². The third-order valence-electron chi connectivity index (χ3n) is 6.32. The summed E-state index contributed by atoms with van der Waals surface area (Å²) in [7, 11) is 2.23. The summed E-state index contributed by atoms with van der Waals surface area (Å²) in [5.41, 5.74) is 3.51. The van der Waals surface area contributed by atoms with E-state index in [4.69, 9.17) is 21.3 Å². The average Bonchev–Trinajstić information content (AvgIpc) is 3.11. The normalized spacial score (nSPS) is 15.7. The molecule has 0 aliphatic carbocycles. The molecule has 3 aromatic rings. The monoisotopic (exact) mass is 425 g/mol. The first-order chi connectivity index (χ1) is 14.6. The first-order valence-corrected chi connectivity index (χ1v) is 11.5. The molecule has 0 N–H and O–H groups in total. The number of aromatic nitrogens is 2. The van der Waals surface area contributed by atoms with Crippen molar-refractivity contribution in [1.82, 2.24) is 14.5 Å². The van der Waals surface area contributed by atoms with Crippen LogP contribution in [0, 0.1) is 12.8 Å². The lowest BCUT2D eigenvalue weighted by molar-refractivity contribution is 0.209. The zero-order valence-electron chi connectivity index (χ0n) is 18.1. The Bertz CT molecular complexity index is 958. The molecule has 1 fully saturated rings. The van der Waals surface area contributed by atoms with Gasteiger partial charge in [-0.2, -0.15) is 0 Å². The molecule has 2 aromatic carbocycles. The van der Waals surface area contributed by atoms with E-state index in [-0.39, 0.29) is 0 Å². The third kappa shape index (κ3) is 5.16. The van der Waals surface area contributed by atoms with E-state index in [1.807, 2.05) is 24.3 Å². The minimum atomic E-state index is 0.463. The number of para-hydroxylation sites is 1. The van der Waals surface area contributed by atoms with Crippen molar-refractivity contribution in [1.29, 1.82) is 0 Å². The maximum atomic E-state index is 6.02. The van der Waals surface area contributed by atoms with Gasteiger partial charge in [-0.05, 0) is 88.1 Å². The number of rotatable bonds is 8. The molecule has 30 heavy (non-hydrogen) atoms. The fraction of sp³-hybridized carbons (Fsp3) is 0.480. The molecule has 1 aliphatic heterocycles. The first-order valence-electron chi connectivity index (χ1n) is 11.1. The molecular weight excluding hydrogens is 394 g/mol. The summed E-state index contributed by atoms with van der Waals surface area (Å²) in [6.45, 7) is 6.09. The number of imidazole rings is 1. The Morgan fingerprint density at radius 3 is 2.60 bits per heavy atom. The summed E-state index contributed by atoms with van der Waals surface area (Å²) in [4.78, 5) is 7.38. The predicted molar refractivity (Wildman–Crippen MR) is 124 cm³/mol. The summed E-state index contributed by atoms with van der Waals surface area (Å²) in [5, 5.41) is 0.717. The van der Waals surface area contributed by atoms with E-state index in [0.29, 0.717) is 6.61 Å². The van der Waals surface area contributed by atoms with E-state index >= 15 is 0 Å². The molecule has 1 aliphatic rings. The van der Waals surface area contributed by atoms with E-state index < -0.39 is 0 Å². The minimum absolute atomic E-state index is 0.463. The highest BCUT2D eigenvalue weighted by Crippen LogP contribution is 2.25. The van der Waals surface area contributed by atoms with Crippen molar-refractivity contribution in [3.8, 4) is 5.75 Å². The predicted octanol–water partition coefficient (Wildman–Crippen LogP) is 6.09. The molecule has 0 atom stereocenters. The Morgan fingerprint density at radius 2 is 1.83 bits per heavy atom.